The molecule has 1 saturated heterocycles. The molecule has 2 bridgehead atoms. The standard InChI is InChI=1S/C35H43ClN8O5/c1-47-30-17-29-27(33(48-2)34(30)49-3)16-26-22-41(21-25-7-10-37-19-28(25)36)14-15-42(32(46)23-44-12-5-9-39-44)13-8-31(45)38-18-24-6-4-11-43(20-24)35(26)40-29/h5,7,9-10,12,16-17,19,24H,4,6,8,11,13-15,18,20-23H2,1-3H3,(H,38,45). The number of benzene rings is 1. The van der Waals surface area contributed by atoms with E-state index < -0.39 is 0 Å². The molecule has 2 amide bonds. The molecule has 260 valence electrons. The van der Waals surface area contributed by atoms with Gasteiger partial charge in [-0.25, -0.2) is 4.98 Å². The van der Waals surface area contributed by atoms with Crippen LogP contribution in [-0.2, 0) is 29.2 Å². The number of fused-ring (bicyclic) bond motifs is 5. The van der Waals surface area contributed by atoms with Crippen LogP contribution in [0.3, 0.4) is 0 Å². The molecule has 2 aliphatic heterocycles. The van der Waals surface area contributed by atoms with Crippen LogP contribution in [0.5, 0.6) is 17.2 Å². The number of pyridine rings is 2. The van der Waals surface area contributed by atoms with Crippen molar-refractivity contribution in [2.24, 2.45) is 5.92 Å². The minimum absolute atomic E-state index is 0.0676. The second-order valence-corrected chi connectivity index (χ2v) is 12.9. The summed E-state index contributed by atoms with van der Waals surface area (Å²) in [5.74, 6) is 2.51. The monoisotopic (exact) mass is 690 g/mol. The molecule has 49 heavy (non-hydrogen) atoms. The van der Waals surface area contributed by atoms with Crippen molar-refractivity contribution >= 4 is 40.1 Å². The van der Waals surface area contributed by atoms with E-state index in [4.69, 9.17) is 30.8 Å². The molecule has 1 fully saturated rings. The Morgan fingerprint density at radius 2 is 1.92 bits per heavy atom. The van der Waals surface area contributed by atoms with E-state index in [2.05, 4.69) is 31.3 Å². The number of carbonyl (C=O) groups excluding carboxylic acids is 2. The van der Waals surface area contributed by atoms with Crippen molar-refractivity contribution in [3.05, 3.63) is 65.2 Å². The fourth-order valence-corrected chi connectivity index (χ4v) is 6.88. The minimum Gasteiger partial charge on any atom is -0.493 e. The maximum atomic E-state index is 13.6. The van der Waals surface area contributed by atoms with Crippen molar-refractivity contribution in [2.45, 2.75) is 38.9 Å². The maximum absolute atomic E-state index is 13.6. The minimum atomic E-state index is -0.108. The Morgan fingerprint density at radius 1 is 1.06 bits per heavy atom. The molecule has 1 N–H and O–H groups in total. The SMILES string of the molecule is COc1cc2nc3c(cc2c(OC)c1OC)CN(Cc1ccncc1Cl)CCN(C(=O)Cn1cccn1)CCC(=O)NCC1CCCN3C1. The van der Waals surface area contributed by atoms with E-state index in [0.717, 1.165) is 53.8 Å². The number of nitrogens with one attached hydrogen (secondary N) is 1. The third-order valence-corrected chi connectivity index (χ3v) is 9.57. The molecule has 0 saturated carbocycles. The normalized spacial score (nSPS) is 17.9. The summed E-state index contributed by atoms with van der Waals surface area (Å²) in [4.78, 5) is 42.5. The number of hydrogen-bond acceptors (Lipinski definition) is 10. The van der Waals surface area contributed by atoms with Crippen molar-refractivity contribution in [3.63, 3.8) is 0 Å². The number of aromatic nitrogens is 4. The van der Waals surface area contributed by atoms with Crippen LogP contribution >= 0.6 is 11.6 Å². The van der Waals surface area contributed by atoms with E-state index in [-0.39, 0.29) is 30.7 Å². The fourth-order valence-electron chi connectivity index (χ4n) is 6.70. The lowest BCUT2D eigenvalue weighted by molar-refractivity contribution is -0.133. The van der Waals surface area contributed by atoms with E-state index >= 15 is 0 Å². The van der Waals surface area contributed by atoms with Crippen LogP contribution < -0.4 is 24.4 Å². The average Bonchev–Trinajstić information content (AvgIpc) is 3.63. The van der Waals surface area contributed by atoms with Crippen LogP contribution in [0.4, 0.5) is 5.82 Å². The highest BCUT2D eigenvalue weighted by atomic mass is 35.5. The Labute approximate surface area is 291 Å². The number of ether oxygens (including phenoxy) is 3. The Morgan fingerprint density at radius 3 is 2.67 bits per heavy atom. The summed E-state index contributed by atoms with van der Waals surface area (Å²) in [6.07, 6.45) is 8.97. The van der Waals surface area contributed by atoms with Crippen LogP contribution in [0.15, 0.2) is 49.1 Å². The molecule has 0 radical (unpaired) electrons. The first-order valence-corrected chi connectivity index (χ1v) is 16.9. The van der Waals surface area contributed by atoms with E-state index in [9.17, 15) is 9.59 Å². The van der Waals surface area contributed by atoms with Gasteiger partial charge in [0.05, 0.1) is 31.9 Å². The first kappa shape index (κ1) is 34.3. The summed E-state index contributed by atoms with van der Waals surface area (Å²) in [5, 5.41) is 8.73. The summed E-state index contributed by atoms with van der Waals surface area (Å²) < 4.78 is 18.9. The lowest BCUT2D eigenvalue weighted by Gasteiger charge is -2.35. The highest BCUT2D eigenvalue weighted by molar-refractivity contribution is 6.31. The number of hydrogen-bond donors (Lipinski definition) is 1. The smallest absolute Gasteiger partial charge is 0.244 e. The van der Waals surface area contributed by atoms with Gasteiger partial charge in [0, 0.05) is 101 Å². The van der Waals surface area contributed by atoms with Crippen molar-refractivity contribution in [3.8, 4) is 17.2 Å². The Bertz CT molecular complexity index is 1770. The van der Waals surface area contributed by atoms with Gasteiger partial charge >= 0.3 is 0 Å². The van der Waals surface area contributed by atoms with E-state index in [0.29, 0.717) is 61.5 Å². The van der Waals surface area contributed by atoms with Gasteiger partial charge in [-0.2, -0.15) is 5.10 Å². The molecule has 4 aromatic rings. The third-order valence-electron chi connectivity index (χ3n) is 9.23. The number of carbonyl (C=O) groups is 2. The summed E-state index contributed by atoms with van der Waals surface area (Å²) in [5.41, 5.74) is 2.64. The second-order valence-electron chi connectivity index (χ2n) is 12.5. The highest BCUT2D eigenvalue weighted by Crippen LogP contribution is 2.44. The summed E-state index contributed by atoms with van der Waals surface area (Å²) >= 11 is 6.63. The van der Waals surface area contributed by atoms with E-state index in [1.165, 1.54) is 0 Å². The Balaban J connectivity index is 1.44. The summed E-state index contributed by atoms with van der Waals surface area (Å²) in [6.45, 7) is 4.46. The molecule has 3 aromatic heterocycles. The van der Waals surface area contributed by atoms with Crippen molar-refractivity contribution in [2.75, 3.05) is 65.5 Å². The summed E-state index contributed by atoms with van der Waals surface area (Å²) in [7, 11) is 4.80. The quantitative estimate of drug-likeness (QED) is 0.306. The lowest BCUT2D eigenvalue weighted by Crippen LogP contribution is -2.43. The molecular weight excluding hydrogens is 648 g/mol. The van der Waals surface area contributed by atoms with Gasteiger partial charge < -0.3 is 29.3 Å². The number of halogens is 1. The molecular formula is C35H43ClN8O5. The van der Waals surface area contributed by atoms with E-state index in [1.54, 1.807) is 61.8 Å². The topological polar surface area (TPSA) is 127 Å². The van der Waals surface area contributed by atoms with Crippen LogP contribution in [-0.4, -0.2) is 102 Å². The molecule has 6 rings (SSSR count). The molecule has 2 aliphatic rings. The maximum Gasteiger partial charge on any atom is 0.244 e. The van der Waals surface area contributed by atoms with Crippen LogP contribution in [0, 0.1) is 5.92 Å². The van der Waals surface area contributed by atoms with Gasteiger partial charge in [-0.15, -0.1) is 0 Å². The molecule has 1 aromatic carbocycles. The Kier molecular flexibility index (Phi) is 11.0. The molecule has 5 heterocycles. The number of piperidine rings is 1. The molecule has 1 atom stereocenters. The van der Waals surface area contributed by atoms with Crippen LogP contribution in [0.2, 0.25) is 5.02 Å². The average molecular weight is 691 g/mol. The van der Waals surface area contributed by atoms with Gasteiger partial charge in [-0.3, -0.25) is 24.2 Å². The molecule has 1 unspecified atom stereocenters. The number of methoxy groups -OCH3 is 3. The number of nitrogens with zero attached hydrogens (tertiary/aromatic N) is 7. The van der Waals surface area contributed by atoms with Crippen molar-refractivity contribution in [1.29, 1.82) is 0 Å². The van der Waals surface area contributed by atoms with E-state index in [1.807, 2.05) is 12.1 Å². The Hall–Kier alpha value is -4.62. The lowest BCUT2D eigenvalue weighted by atomic mass is 9.97. The fraction of sp³-hybridized carbons (Fsp3) is 0.457. The predicted molar refractivity (Wildman–Crippen MR) is 186 cm³/mol. The van der Waals surface area contributed by atoms with Gasteiger partial charge in [0.15, 0.2) is 11.5 Å². The second kappa shape index (κ2) is 15.7. The molecule has 0 spiro atoms. The first-order valence-electron chi connectivity index (χ1n) is 16.6. The third kappa shape index (κ3) is 8.00. The van der Waals surface area contributed by atoms with Crippen LogP contribution in [0.25, 0.3) is 10.9 Å². The van der Waals surface area contributed by atoms with Gasteiger partial charge in [0.2, 0.25) is 17.6 Å². The number of anilines is 1. The zero-order chi connectivity index (χ0) is 34.3. The van der Waals surface area contributed by atoms with Gasteiger partial charge in [-0.1, -0.05) is 11.6 Å². The van der Waals surface area contributed by atoms with Gasteiger partial charge in [-0.05, 0) is 42.5 Å². The predicted octanol–water partition coefficient (Wildman–Crippen LogP) is 3.77. The van der Waals surface area contributed by atoms with Gasteiger partial charge in [0.1, 0.15) is 12.4 Å². The summed E-state index contributed by atoms with van der Waals surface area (Å²) in [6, 6.07) is 7.71. The van der Waals surface area contributed by atoms with Crippen LogP contribution in [0.1, 0.15) is 30.4 Å². The first-order chi connectivity index (χ1) is 23.9. The number of rotatable bonds is 7. The molecule has 14 heteroatoms. The zero-order valence-corrected chi connectivity index (χ0v) is 29.0. The van der Waals surface area contributed by atoms with Crippen molar-refractivity contribution in [1.82, 2.24) is 34.9 Å². The molecule has 13 nitrogen and oxygen atoms in total. The largest absolute Gasteiger partial charge is 0.493 e. The van der Waals surface area contributed by atoms with Crippen molar-refractivity contribution < 1.29 is 23.8 Å². The number of amides is 2. The van der Waals surface area contributed by atoms with Gasteiger partial charge in [0.25, 0.3) is 0 Å². The highest BCUT2D eigenvalue weighted by Gasteiger charge is 2.28. The molecule has 0 aliphatic carbocycles. The zero-order valence-electron chi connectivity index (χ0n) is 28.2.